The predicted molar refractivity (Wildman–Crippen MR) is 58.4 cm³/mol. The molecule has 0 amide bonds. The fraction of sp³-hybridized carbons (Fsp3) is 0. The lowest BCUT2D eigenvalue weighted by Gasteiger charge is -2.06. The summed E-state index contributed by atoms with van der Waals surface area (Å²) >= 11 is 0. The summed E-state index contributed by atoms with van der Waals surface area (Å²) in [6.07, 6.45) is 0.960. The van der Waals surface area contributed by atoms with Gasteiger partial charge < -0.3 is 10.2 Å². The maximum Gasteiger partial charge on any atom is 0.360 e. The fourth-order valence-electron chi connectivity index (χ4n) is 1.34. The Morgan fingerprint density at radius 1 is 1.28 bits per heavy atom. The number of rotatable bonds is 2. The van der Waals surface area contributed by atoms with Gasteiger partial charge in [0.1, 0.15) is 5.82 Å². The number of carboxylic acids is 1. The molecule has 0 radical (unpaired) electrons. The summed E-state index contributed by atoms with van der Waals surface area (Å²) in [5.41, 5.74) is -1.56. The van der Waals surface area contributed by atoms with Crippen LogP contribution in [0.2, 0.25) is 0 Å². The molecule has 92 valence electrons. The summed E-state index contributed by atoms with van der Waals surface area (Å²) in [6, 6.07) is 4.95. The Hall–Kier alpha value is -2.70. The van der Waals surface area contributed by atoms with Gasteiger partial charge in [-0.1, -0.05) is 0 Å². The molecular formula is C11H7FN2O4. The van der Waals surface area contributed by atoms with E-state index in [1.807, 2.05) is 0 Å². The first-order valence-corrected chi connectivity index (χ1v) is 4.81. The second-order valence-electron chi connectivity index (χ2n) is 3.42. The van der Waals surface area contributed by atoms with E-state index in [2.05, 4.69) is 5.10 Å². The minimum Gasteiger partial charge on any atom is -0.503 e. The van der Waals surface area contributed by atoms with Crippen LogP contribution in [-0.2, 0) is 0 Å². The number of carbonyl (C=O) groups is 1. The van der Waals surface area contributed by atoms with Crippen LogP contribution in [0.4, 0.5) is 4.39 Å². The highest BCUT2D eigenvalue weighted by Gasteiger charge is 2.15. The van der Waals surface area contributed by atoms with E-state index in [9.17, 15) is 19.1 Å². The third-order valence-electron chi connectivity index (χ3n) is 2.19. The molecule has 1 aromatic heterocycles. The van der Waals surface area contributed by atoms with Crippen LogP contribution in [0.1, 0.15) is 10.5 Å². The van der Waals surface area contributed by atoms with E-state index in [1.165, 1.54) is 12.1 Å². The molecule has 0 saturated carbocycles. The van der Waals surface area contributed by atoms with Gasteiger partial charge in [-0.3, -0.25) is 4.79 Å². The summed E-state index contributed by atoms with van der Waals surface area (Å²) in [4.78, 5) is 22.0. The Bertz CT molecular complexity index is 664. The smallest absolute Gasteiger partial charge is 0.360 e. The SMILES string of the molecule is O=C(O)c1nn(-c2ccc(F)cc2)cc(O)c1=O. The molecule has 0 aliphatic rings. The first kappa shape index (κ1) is 11.8. The van der Waals surface area contributed by atoms with E-state index in [1.54, 1.807) is 0 Å². The molecule has 0 aliphatic heterocycles. The summed E-state index contributed by atoms with van der Waals surface area (Å²) in [5.74, 6) is -2.76. The average Bonchev–Trinajstić information content (AvgIpc) is 2.33. The predicted octanol–water partition coefficient (Wildman–Crippen LogP) is 0.775. The van der Waals surface area contributed by atoms with Gasteiger partial charge in [-0.05, 0) is 24.3 Å². The van der Waals surface area contributed by atoms with Crippen molar-refractivity contribution < 1.29 is 19.4 Å². The van der Waals surface area contributed by atoms with Crippen LogP contribution in [0.5, 0.6) is 5.75 Å². The van der Waals surface area contributed by atoms with Crippen LogP contribution >= 0.6 is 0 Å². The van der Waals surface area contributed by atoms with Crippen LogP contribution in [0.15, 0.2) is 35.3 Å². The van der Waals surface area contributed by atoms with Crippen molar-refractivity contribution in [1.82, 2.24) is 9.78 Å². The number of halogens is 1. The van der Waals surface area contributed by atoms with Crippen molar-refractivity contribution in [2.45, 2.75) is 0 Å². The molecule has 18 heavy (non-hydrogen) atoms. The summed E-state index contributed by atoms with van der Waals surface area (Å²) < 4.78 is 13.7. The zero-order valence-corrected chi connectivity index (χ0v) is 8.87. The number of aromatic nitrogens is 2. The van der Waals surface area contributed by atoms with Gasteiger partial charge in [-0.15, -0.1) is 0 Å². The Labute approximate surface area is 99.5 Å². The number of benzene rings is 1. The molecule has 0 unspecified atom stereocenters. The second-order valence-corrected chi connectivity index (χ2v) is 3.42. The van der Waals surface area contributed by atoms with Crippen molar-refractivity contribution in [3.05, 3.63) is 52.2 Å². The molecule has 6 nitrogen and oxygen atoms in total. The van der Waals surface area contributed by atoms with Crippen LogP contribution < -0.4 is 5.43 Å². The maximum atomic E-state index is 12.7. The zero-order valence-electron chi connectivity index (χ0n) is 8.87. The van der Waals surface area contributed by atoms with Gasteiger partial charge >= 0.3 is 5.97 Å². The highest BCUT2D eigenvalue weighted by molar-refractivity contribution is 5.85. The van der Waals surface area contributed by atoms with Gasteiger partial charge in [0.15, 0.2) is 5.75 Å². The number of nitrogens with zero attached hydrogens (tertiary/aromatic N) is 2. The largest absolute Gasteiger partial charge is 0.503 e. The monoisotopic (exact) mass is 250 g/mol. The minimum atomic E-state index is -1.55. The molecule has 1 aromatic carbocycles. The number of hydrogen-bond donors (Lipinski definition) is 2. The fourth-order valence-corrected chi connectivity index (χ4v) is 1.34. The first-order valence-electron chi connectivity index (χ1n) is 4.81. The molecule has 0 saturated heterocycles. The van der Waals surface area contributed by atoms with Gasteiger partial charge in [0, 0.05) is 0 Å². The molecule has 2 rings (SSSR count). The molecule has 1 heterocycles. The van der Waals surface area contributed by atoms with Gasteiger partial charge in [0.25, 0.3) is 5.43 Å². The molecule has 0 bridgehead atoms. The van der Waals surface area contributed by atoms with Gasteiger partial charge in [-0.25, -0.2) is 13.9 Å². The standard InChI is InChI=1S/C11H7FN2O4/c12-6-1-3-7(4-2-6)14-5-8(15)10(16)9(13-14)11(17)18/h1-5,15H,(H,17,18). The Morgan fingerprint density at radius 2 is 1.89 bits per heavy atom. The normalized spacial score (nSPS) is 10.3. The van der Waals surface area contributed by atoms with Gasteiger partial charge in [0.2, 0.25) is 5.69 Å². The van der Waals surface area contributed by atoms with E-state index in [0.29, 0.717) is 5.69 Å². The van der Waals surface area contributed by atoms with E-state index >= 15 is 0 Å². The van der Waals surface area contributed by atoms with E-state index in [-0.39, 0.29) is 0 Å². The van der Waals surface area contributed by atoms with E-state index in [4.69, 9.17) is 5.11 Å². The van der Waals surface area contributed by atoms with Crippen molar-refractivity contribution in [2.24, 2.45) is 0 Å². The van der Waals surface area contributed by atoms with Crippen molar-refractivity contribution in [1.29, 1.82) is 0 Å². The molecule has 7 heteroatoms. The molecule has 0 aliphatic carbocycles. The summed E-state index contributed by atoms with van der Waals surface area (Å²) in [7, 11) is 0. The minimum absolute atomic E-state index is 0.314. The van der Waals surface area contributed by atoms with Crippen molar-refractivity contribution in [3.8, 4) is 11.4 Å². The lowest BCUT2D eigenvalue weighted by molar-refractivity contribution is 0.0686. The molecule has 2 aromatic rings. The van der Waals surface area contributed by atoms with Crippen LogP contribution in [0, 0.1) is 5.82 Å². The van der Waals surface area contributed by atoms with Gasteiger partial charge in [0.05, 0.1) is 11.9 Å². The lowest BCUT2D eigenvalue weighted by atomic mass is 10.3. The highest BCUT2D eigenvalue weighted by Crippen LogP contribution is 2.10. The summed E-state index contributed by atoms with van der Waals surface area (Å²) in [6.45, 7) is 0. The third kappa shape index (κ3) is 2.05. The number of carboxylic acid groups (broad SMARTS) is 1. The summed E-state index contributed by atoms with van der Waals surface area (Å²) in [5, 5.41) is 21.6. The quantitative estimate of drug-likeness (QED) is 0.821. The molecule has 0 fully saturated rings. The van der Waals surface area contributed by atoms with Crippen molar-refractivity contribution in [2.75, 3.05) is 0 Å². The van der Waals surface area contributed by atoms with Crippen molar-refractivity contribution in [3.63, 3.8) is 0 Å². The number of aromatic hydroxyl groups is 1. The van der Waals surface area contributed by atoms with Crippen LogP contribution in [-0.4, -0.2) is 26.0 Å². The number of hydrogen-bond acceptors (Lipinski definition) is 4. The Balaban J connectivity index is 2.62. The Morgan fingerprint density at radius 3 is 2.44 bits per heavy atom. The topological polar surface area (TPSA) is 92.4 Å². The average molecular weight is 250 g/mol. The third-order valence-corrected chi connectivity index (χ3v) is 2.19. The first-order chi connectivity index (χ1) is 8.49. The Kier molecular flexibility index (Phi) is 2.80. The molecule has 2 N–H and O–H groups in total. The maximum absolute atomic E-state index is 12.7. The number of aromatic carboxylic acids is 1. The van der Waals surface area contributed by atoms with Crippen LogP contribution in [0.3, 0.4) is 0 Å². The highest BCUT2D eigenvalue weighted by atomic mass is 19.1. The van der Waals surface area contributed by atoms with E-state index < -0.39 is 28.7 Å². The van der Waals surface area contributed by atoms with Gasteiger partial charge in [-0.2, -0.15) is 5.10 Å². The second kappa shape index (κ2) is 4.28. The van der Waals surface area contributed by atoms with Crippen LogP contribution in [0.25, 0.3) is 5.69 Å². The molecular weight excluding hydrogens is 243 g/mol. The lowest BCUT2D eigenvalue weighted by Crippen LogP contribution is -2.20. The molecule has 0 spiro atoms. The zero-order chi connectivity index (χ0) is 13.3. The van der Waals surface area contributed by atoms with Crippen molar-refractivity contribution >= 4 is 5.97 Å². The molecule has 0 atom stereocenters. The van der Waals surface area contributed by atoms with E-state index in [0.717, 1.165) is 23.0 Å².